The van der Waals surface area contributed by atoms with Gasteiger partial charge in [-0.25, -0.2) is 9.37 Å². The van der Waals surface area contributed by atoms with Gasteiger partial charge in [-0.2, -0.15) is 13.2 Å². The zero-order valence-corrected chi connectivity index (χ0v) is 24.5. The number of carbonyl (C=O) groups is 3. The maximum absolute atomic E-state index is 13.6. The number of esters is 2. The first-order valence-corrected chi connectivity index (χ1v) is 13.8. The number of halogens is 4. The van der Waals surface area contributed by atoms with Crippen molar-refractivity contribution in [2.24, 2.45) is 11.8 Å². The molecular weight excluding hydrogens is 582 g/mol. The lowest BCUT2D eigenvalue weighted by Gasteiger charge is -2.30. The number of alkyl halides is 3. The number of allylic oxidation sites excluding steroid dienone is 1. The quantitative estimate of drug-likeness (QED) is 0.0837. The molecule has 0 fully saturated rings. The fraction of sp³-hybridized carbons (Fsp3) is 0.333. The molecule has 0 amide bonds. The third-order valence-electron chi connectivity index (χ3n) is 7.06. The van der Waals surface area contributed by atoms with E-state index in [-0.39, 0.29) is 36.0 Å². The van der Waals surface area contributed by atoms with E-state index in [1.807, 2.05) is 0 Å². The maximum Gasteiger partial charge on any atom is 0.416 e. The van der Waals surface area contributed by atoms with E-state index in [1.54, 1.807) is 25.1 Å². The van der Waals surface area contributed by atoms with E-state index in [0.29, 0.717) is 18.4 Å². The number of pyridine rings is 1. The summed E-state index contributed by atoms with van der Waals surface area (Å²) in [6, 6.07) is 12.1. The summed E-state index contributed by atoms with van der Waals surface area (Å²) < 4.78 is 68.7. The minimum Gasteiger partial charge on any atom is -0.493 e. The Morgan fingerprint density at radius 1 is 0.955 bits per heavy atom. The third kappa shape index (κ3) is 9.48. The molecule has 0 N–H and O–H groups in total. The Morgan fingerprint density at radius 3 is 2.14 bits per heavy atom. The van der Waals surface area contributed by atoms with Crippen LogP contribution in [0.25, 0.3) is 0 Å². The van der Waals surface area contributed by atoms with Crippen LogP contribution in [0.3, 0.4) is 0 Å². The molecule has 0 spiro atoms. The Labute approximate surface area is 252 Å². The summed E-state index contributed by atoms with van der Waals surface area (Å²) in [5.41, 5.74) is 0.458. The number of Topliss-reactive ketones (excluding diaryl/α,β-unsaturated/α-hetero) is 1. The SMILES string of the molecule is C=C[C@H](Cc1ccc(C(F)(F)F)cc1)[C@@H](Cc1ccc(F)cc1)[C@H](C)OC(=O)CCC(=O)c1nccc(OC)c1OC(C)=O. The summed E-state index contributed by atoms with van der Waals surface area (Å²) >= 11 is 0. The highest BCUT2D eigenvalue weighted by Gasteiger charge is 2.31. The first kappa shape index (κ1) is 34.0. The number of nitrogens with zero attached hydrogens (tertiary/aromatic N) is 1. The van der Waals surface area contributed by atoms with Crippen molar-refractivity contribution in [2.45, 2.75) is 51.8 Å². The second-order valence-electron chi connectivity index (χ2n) is 10.2. The molecule has 0 radical (unpaired) electrons. The second-order valence-corrected chi connectivity index (χ2v) is 10.2. The maximum atomic E-state index is 13.6. The first-order chi connectivity index (χ1) is 20.8. The average molecular weight is 616 g/mol. The molecule has 2 aromatic carbocycles. The lowest BCUT2D eigenvalue weighted by molar-refractivity contribution is -0.151. The second kappa shape index (κ2) is 15.3. The van der Waals surface area contributed by atoms with Crippen LogP contribution < -0.4 is 9.47 Å². The van der Waals surface area contributed by atoms with Crippen LogP contribution in [0.2, 0.25) is 0 Å². The largest absolute Gasteiger partial charge is 0.493 e. The van der Waals surface area contributed by atoms with Gasteiger partial charge in [0.15, 0.2) is 17.2 Å². The van der Waals surface area contributed by atoms with Crippen LogP contribution in [0.4, 0.5) is 17.6 Å². The highest BCUT2D eigenvalue weighted by molar-refractivity contribution is 5.99. The molecule has 0 aliphatic heterocycles. The third-order valence-corrected chi connectivity index (χ3v) is 7.06. The predicted molar refractivity (Wildman–Crippen MR) is 154 cm³/mol. The molecular formula is C33H33F4NO6. The molecule has 0 aliphatic rings. The van der Waals surface area contributed by atoms with Crippen molar-refractivity contribution >= 4 is 17.7 Å². The number of ether oxygens (including phenoxy) is 3. The van der Waals surface area contributed by atoms with Crippen LogP contribution in [-0.2, 0) is 33.3 Å². The van der Waals surface area contributed by atoms with Crippen molar-refractivity contribution in [3.63, 3.8) is 0 Å². The molecule has 0 saturated heterocycles. The van der Waals surface area contributed by atoms with Gasteiger partial charge >= 0.3 is 18.1 Å². The number of benzene rings is 2. The van der Waals surface area contributed by atoms with Gasteiger partial charge in [0, 0.05) is 31.5 Å². The number of methoxy groups -OCH3 is 1. The molecule has 234 valence electrons. The summed E-state index contributed by atoms with van der Waals surface area (Å²) in [4.78, 5) is 41.3. The molecule has 11 heteroatoms. The lowest BCUT2D eigenvalue weighted by Crippen LogP contribution is -2.32. The molecule has 0 unspecified atom stereocenters. The van der Waals surface area contributed by atoms with Crippen LogP contribution in [0.15, 0.2) is 73.4 Å². The molecule has 0 saturated carbocycles. The Balaban J connectivity index is 1.75. The summed E-state index contributed by atoms with van der Waals surface area (Å²) in [5.74, 6) is -3.10. The Hall–Kier alpha value is -4.54. The van der Waals surface area contributed by atoms with Crippen LogP contribution >= 0.6 is 0 Å². The van der Waals surface area contributed by atoms with Crippen LogP contribution in [0.1, 0.15) is 53.9 Å². The molecule has 7 nitrogen and oxygen atoms in total. The summed E-state index contributed by atoms with van der Waals surface area (Å²) in [5, 5.41) is 0. The van der Waals surface area contributed by atoms with Crippen LogP contribution in [-0.4, -0.2) is 35.9 Å². The smallest absolute Gasteiger partial charge is 0.416 e. The van der Waals surface area contributed by atoms with Gasteiger partial charge in [0.2, 0.25) is 5.75 Å². The Bertz CT molecular complexity index is 1450. The normalized spacial score (nSPS) is 13.3. The Kier molecular flexibility index (Phi) is 11.8. The highest BCUT2D eigenvalue weighted by atomic mass is 19.4. The van der Waals surface area contributed by atoms with E-state index in [0.717, 1.165) is 24.6 Å². The molecule has 1 aromatic heterocycles. The number of aromatic nitrogens is 1. The molecule has 3 aromatic rings. The van der Waals surface area contributed by atoms with E-state index in [2.05, 4.69) is 11.6 Å². The van der Waals surface area contributed by atoms with Gasteiger partial charge in [-0.05, 0) is 61.1 Å². The molecule has 3 rings (SSSR count). The van der Waals surface area contributed by atoms with Crippen molar-refractivity contribution in [2.75, 3.05) is 7.11 Å². The van der Waals surface area contributed by atoms with E-state index in [4.69, 9.17) is 14.2 Å². The lowest BCUT2D eigenvalue weighted by atomic mass is 9.79. The van der Waals surface area contributed by atoms with E-state index < -0.39 is 47.3 Å². The van der Waals surface area contributed by atoms with Crippen LogP contribution in [0.5, 0.6) is 11.5 Å². The molecule has 1 heterocycles. The number of hydrogen-bond acceptors (Lipinski definition) is 7. The monoisotopic (exact) mass is 615 g/mol. The van der Waals surface area contributed by atoms with E-state index in [1.165, 1.54) is 43.6 Å². The zero-order valence-electron chi connectivity index (χ0n) is 24.5. The Morgan fingerprint density at radius 2 is 1.57 bits per heavy atom. The van der Waals surface area contributed by atoms with Crippen molar-refractivity contribution in [3.8, 4) is 11.5 Å². The van der Waals surface area contributed by atoms with Gasteiger partial charge in [0.1, 0.15) is 11.9 Å². The van der Waals surface area contributed by atoms with E-state index >= 15 is 0 Å². The van der Waals surface area contributed by atoms with Crippen LogP contribution in [0, 0.1) is 17.7 Å². The van der Waals surface area contributed by atoms with Crippen molar-refractivity contribution in [1.82, 2.24) is 4.98 Å². The van der Waals surface area contributed by atoms with Gasteiger partial charge in [-0.15, -0.1) is 6.58 Å². The number of hydrogen-bond donors (Lipinski definition) is 0. The topological polar surface area (TPSA) is 91.8 Å². The van der Waals surface area contributed by atoms with Crippen molar-refractivity contribution in [3.05, 3.63) is 102 Å². The van der Waals surface area contributed by atoms with Gasteiger partial charge in [0.25, 0.3) is 0 Å². The summed E-state index contributed by atoms with van der Waals surface area (Å²) in [7, 11) is 1.34. The average Bonchev–Trinajstić information content (AvgIpc) is 2.98. The van der Waals surface area contributed by atoms with Crippen molar-refractivity contribution in [1.29, 1.82) is 0 Å². The van der Waals surface area contributed by atoms with E-state index in [9.17, 15) is 31.9 Å². The summed E-state index contributed by atoms with van der Waals surface area (Å²) in [6.45, 7) is 6.75. The van der Waals surface area contributed by atoms with Gasteiger partial charge < -0.3 is 14.2 Å². The number of ketones is 1. The fourth-order valence-corrected chi connectivity index (χ4v) is 4.79. The van der Waals surface area contributed by atoms with Gasteiger partial charge in [-0.3, -0.25) is 14.4 Å². The molecule has 3 atom stereocenters. The molecule has 0 aliphatic carbocycles. The molecule has 44 heavy (non-hydrogen) atoms. The van der Waals surface area contributed by atoms with Gasteiger partial charge in [-0.1, -0.05) is 30.3 Å². The predicted octanol–water partition coefficient (Wildman–Crippen LogP) is 6.97. The minimum absolute atomic E-state index is 0.127. The summed E-state index contributed by atoms with van der Waals surface area (Å²) in [6.07, 6.45) is -2.14. The number of rotatable bonds is 14. The van der Waals surface area contributed by atoms with Crippen molar-refractivity contribution < 1.29 is 46.2 Å². The minimum atomic E-state index is -4.46. The molecule has 0 bridgehead atoms. The highest BCUT2D eigenvalue weighted by Crippen LogP contribution is 2.33. The zero-order chi connectivity index (χ0) is 32.4. The van der Waals surface area contributed by atoms with Gasteiger partial charge in [0.05, 0.1) is 19.1 Å². The first-order valence-electron chi connectivity index (χ1n) is 13.8. The number of carbonyl (C=O) groups excluding carboxylic acids is 3. The fourth-order valence-electron chi connectivity index (χ4n) is 4.79. The standard InChI is InChI=1S/C33H33F4NO6/c1-5-24(18-22-6-10-25(11-7-22)33(35,36)37)27(19-23-8-12-26(34)13-9-23)20(2)43-30(41)15-14-28(40)31-32(44-21(3)39)29(42-4)16-17-38-31/h5-13,16-17,20,24,27H,1,14-15,18-19H2,2-4H3/t20-,24+,27-/m0/s1.